The lowest BCUT2D eigenvalue weighted by Gasteiger charge is -2.23. The van der Waals surface area contributed by atoms with Gasteiger partial charge in [0.1, 0.15) is 5.75 Å². The van der Waals surface area contributed by atoms with Gasteiger partial charge in [-0.05, 0) is 36.8 Å². The molecule has 3 rings (SSSR count). The number of benzene rings is 2. The number of carbonyl (C=O) groups excluding carboxylic acids is 2. The van der Waals surface area contributed by atoms with Crippen LogP contribution in [0.5, 0.6) is 5.75 Å². The van der Waals surface area contributed by atoms with E-state index in [0.29, 0.717) is 29.4 Å². The van der Waals surface area contributed by atoms with Crippen molar-refractivity contribution in [2.75, 3.05) is 26.0 Å². The van der Waals surface area contributed by atoms with Gasteiger partial charge in [-0.1, -0.05) is 30.3 Å². The van der Waals surface area contributed by atoms with E-state index in [0.717, 1.165) is 5.56 Å². The molecule has 0 aliphatic carbocycles. The third-order valence-electron chi connectivity index (χ3n) is 4.39. The van der Waals surface area contributed by atoms with Crippen molar-refractivity contribution in [3.63, 3.8) is 0 Å². The number of para-hydroxylation sites is 1. The Morgan fingerprint density at radius 2 is 1.68 bits per heavy atom. The molecule has 0 fully saturated rings. The summed E-state index contributed by atoms with van der Waals surface area (Å²) in [5.74, 6) is 0.435. The molecular formula is C23H24N4O4. The number of hydrogen-bond acceptors (Lipinski definition) is 7. The van der Waals surface area contributed by atoms with E-state index in [2.05, 4.69) is 15.3 Å². The molecule has 1 heterocycles. The number of carbonyl (C=O) groups is 2. The molecule has 0 radical (unpaired) electrons. The molecule has 8 nitrogen and oxygen atoms in total. The van der Waals surface area contributed by atoms with E-state index in [1.54, 1.807) is 63.7 Å². The Bertz CT molecular complexity index is 1020. The summed E-state index contributed by atoms with van der Waals surface area (Å²) in [6, 6.07) is 15.5. The maximum atomic E-state index is 12.2. The summed E-state index contributed by atoms with van der Waals surface area (Å²) in [5, 5.41) is 3.28. The van der Waals surface area contributed by atoms with E-state index in [-0.39, 0.29) is 5.97 Å². The molecular weight excluding hydrogens is 396 g/mol. The summed E-state index contributed by atoms with van der Waals surface area (Å²) in [6.07, 6.45) is 2.78. The predicted molar refractivity (Wildman–Crippen MR) is 116 cm³/mol. The molecule has 0 aliphatic heterocycles. The number of anilines is 1. The molecule has 1 N–H and O–H groups in total. The molecule has 0 bridgehead atoms. The van der Waals surface area contributed by atoms with E-state index in [4.69, 9.17) is 9.47 Å². The minimum Gasteiger partial charge on any atom is -0.462 e. The van der Waals surface area contributed by atoms with E-state index in [1.165, 1.54) is 4.90 Å². The summed E-state index contributed by atoms with van der Waals surface area (Å²) >= 11 is 0. The number of esters is 1. The standard InChI is InChI=1S/C23H24N4O4/c1-4-30-21(28)17-12-10-16(11-13-17)20(26-22-24-14-7-15-25-22)18-8-5-6-9-19(18)31-23(29)27(2)3/h5-15,20H,4H2,1-3H3,(H,24,25,26). The van der Waals surface area contributed by atoms with Crippen molar-refractivity contribution in [2.45, 2.75) is 13.0 Å². The molecule has 2 aromatic carbocycles. The first-order valence-corrected chi connectivity index (χ1v) is 9.78. The van der Waals surface area contributed by atoms with Crippen molar-refractivity contribution >= 4 is 18.0 Å². The number of rotatable bonds is 7. The van der Waals surface area contributed by atoms with Crippen molar-refractivity contribution in [3.8, 4) is 5.75 Å². The van der Waals surface area contributed by atoms with Gasteiger partial charge in [-0.2, -0.15) is 0 Å². The average molecular weight is 420 g/mol. The lowest BCUT2D eigenvalue weighted by molar-refractivity contribution is 0.0526. The Morgan fingerprint density at radius 3 is 2.32 bits per heavy atom. The van der Waals surface area contributed by atoms with E-state index in [9.17, 15) is 9.59 Å². The van der Waals surface area contributed by atoms with Crippen LogP contribution in [0.4, 0.5) is 10.7 Å². The Balaban J connectivity index is 2.00. The van der Waals surface area contributed by atoms with Crippen LogP contribution < -0.4 is 10.1 Å². The normalized spacial score (nSPS) is 11.3. The van der Waals surface area contributed by atoms with Gasteiger partial charge in [-0.25, -0.2) is 19.6 Å². The summed E-state index contributed by atoms with van der Waals surface area (Å²) in [6.45, 7) is 2.07. The molecule has 1 amide bonds. The second-order valence-corrected chi connectivity index (χ2v) is 6.79. The largest absolute Gasteiger partial charge is 0.462 e. The van der Waals surface area contributed by atoms with Gasteiger partial charge >= 0.3 is 12.1 Å². The van der Waals surface area contributed by atoms with Crippen molar-refractivity contribution in [1.29, 1.82) is 0 Å². The van der Waals surface area contributed by atoms with E-state index < -0.39 is 12.1 Å². The van der Waals surface area contributed by atoms with Crippen molar-refractivity contribution in [1.82, 2.24) is 14.9 Å². The summed E-state index contributed by atoms with van der Waals surface area (Å²) < 4.78 is 10.6. The molecule has 0 saturated heterocycles. The van der Waals surface area contributed by atoms with Crippen LogP contribution in [0.2, 0.25) is 0 Å². The second kappa shape index (κ2) is 10.2. The number of nitrogens with zero attached hydrogens (tertiary/aromatic N) is 3. The fourth-order valence-electron chi connectivity index (χ4n) is 2.87. The topological polar surface area (TPSA) is 93.6 Å². The molecule has 0 aliphatic rings. The first-order valence-electron chi connectivity index (χ1n) is 9.78. The highest BCUT2D eigenvalue weighted by molar-refractivity contribution is 5.89. The van der Waals surface area contributed by atoms with Crippen molar-refractivity contribution in [3.05, 3.63) is 83.7 Å². The zero-order chi connectivity index (χ0) is 22.2. The predicted octanol–water partition coefficient (Wildman–Crippen LogP) is 3.92. The van der Waals surface area contributed by atoms with Crippen LogP contribution in [0.1, 0.15) is 34.5 Å². The Morgan fingerprint density at radius 1 is 1.00 bits per heavy atom. The molecule has 0 spiro atoms. The van der Waals surface area contributed by atoms with Crippen LogP contribution in [0, 0.1) is 0 Å². The quantitative estimate of drug-likeness (QED) is 0.579. The Kier molecular flexibility index (Phi) is 7.16. The monoisotopic (exact) mass is 420 g/mol. The fraction of sp³-hybridized carbons (Fsp3) is 0.217. The molecule has 8 heteroatoms. The molecule has 1 atom stereocenters. The number of ether oxygens (including phenoxy) is 2. The van der Waals surface area contributed by atoms with Gasteiger partial charge < -0.3 is 19.7 Å². The first kappa shape index (κ1) is 21.8. The minimum absolute atomic E-state index is 0.306. The van der Waals surface area contributed by atoms with E-state index in [1.807, 2.05) is 24.3 Å². The van der Waals surface area contributed by atoms with Crippen LogP contribution in [0.15, 0.2) is 67.0 Å². The highest BCUT2D eigenvalue weighted by atomic mass is 16.6. The van der Waals surface area contributed by atoms with Crippen LogP contribution in [0.25, 0.3) is 0 Å². The van der Waals surface area contributed by atoms with Crippen molar-refractivity contribution in [2.24, 2.45) is 0 Å². The third kappa shape index (κ3) is 5.57. The van der Waals surface area contributed by atoms with Crippen LogP contribution in [0.3, 0.4) is 0 Å². The van der Waals surface area contributed by atoms with Gasteiger partial charge in [0.05, 0.1) is 18.2 Å². The SMILES string of the molecule is CCOC(=O)c1ccc(C(Nc2ncccn2)c2ccccc2OC(=O)N(C)C)cc1. The molecule has 0 saturated carbocycles. The summed E-state index contributed by atoms with van der Waals surface area (Å²) in [7, 11) is 3.24. The van der Waals surface area contributed by atoms with Gasteiger partial charge in [0, 0.05) is 32.1 Å². The highest BCUT2D eigenvalue weighted by Gasteiger charge is 2.22. The molecule has 3 aromatic rings. The van der Waals surface area contributed by atoms with E-state index >= 15 is 0 Å². The maximum absolute atomic E-state index is 12.2. The smallest absolute Gasteiger partial charge is 0.414 e. The van der Waals surface area contributed by atoms with Gasteiger partial charge in [0.2, 0.25) is 5.95 Å². The van der Waals surface area contributed by atoms with Crippen molar-refractivity contribution < 1.29 is 19.1 Å². The summed E-state index contributed by atoms with van der Waals surface area (Å²) in [5.41, 5.74) is 2.00. The Hall–Kier alpha value is -3.94. The molecule has 31 heavy (non-hydrogen) atoms. The Labute approximate surface area is 180 Å². The highest BCUT2D eigenvalue weighted by Crippen LogP contribution is 2.32. The van der Waals surface area contributed by atoms with Gasteiger partial charge in [0.15, 0.2) is 0 Å². The molecule has 1 aromatic heterocycles. The third-order valence-corrected chi connectivity index (χ3v) is 4.39. The zero-order valence-electron chi connectivity index (χ0n) is 17.6. The molecule has 160 valence electrons. The maximum Gasteiger partial charge on any atom is 0.414 e. The van der Waals surface area contributed by atoms with Gasteiger partial charge in [0.25, 0.3) is 0 Å². The fourth-order valence-corrected chi connectivity index (χ4v) is 2.87. The minimum atomic E-state index is -0.486. The number of nitrogens with one attached hydrogen (secondary N) is 1. The van der Waals surface area contributed by atoms with Crippen LogP contribution in [-0.2, 0) is 4.74 Å². The molecule has 1 unspecified atom stereocenters. The van der Waals surface area contributed by atoms with Gasteiger partial charge in [-0.15, -0.1) is 0 Å². The second-order valence-electron chi connectivity index (χ2n) is 6.79. The zero-order valence-corrected chi connectivity index (χ0v) is 17.6. The number of aromatic nitrogens is 2. The van der Waals surface area contributed by atoms with Gasteiger partial charge in [-0.3, -0.25) is 0 Å². The lowest BCUT2D eigenvalue weighted by Crippen LogP contribution is -2.26. The number of hydrogen-bond donors (Lipinski definition) is 1. The van der Waals surface area contributed by atoms with Crippen LogP contribution >= 0.6 is 0 Å². The average Bonchev–Trinajstić information content (AvgIpc) is 2.79. The number of amides is 1. The first-order chi connectivity index (χ1) is 15.0. The van der Waals surface area contributed by atoms with Crippen LogP contribution in [-0.4, -0.2) is 47.6 Å². The lowest BCUT2D eigenvalue weighted by atomic mass is 9.97. The summed E-state index contributed by atoms with van der Waals surface area (Å²) in [4.78, 5) is 34.0.